The van der Waals surface area contributed by atoms with Gasteiger partial charge in [0.2, 0.25) is 0 Å². The summed E-state index contributed by atoms with van der Waals surface area (Å²) >= 11 is 1.68. The van der Waals surface area contributed by atoms with Crippen LogP contribution in [0.4, 0.5) is 0 Å². The lowest BCUT2D eigenvalue weighted by Gasteiger charge is -2.07. The van der Waals surface area contributed by atoms with Crippen LogP contribution in [0.2, 0.25) is 0 Å². The summed E-state index contributed by atoms with van der Waals surface area (Å²) in [5.41, 5.74) is 4.21. The molecule has 114 valence electrons. The largest absolute Gasteiger partial charge is 0.306 e. The molecule has 1 atom stereocenters. The second-order valence-corrected chi connectivity index (χ2v) is 6.64. The molecule has 4 aromatic rings. The Bertz CT molecular complexity index is 1110. The third-order valence-electron chi connectivity index (χ3n) is 4.21. The molecule has 0 saturated carbocycles. The Balaban J connectivity index is 2.08. The highest BCUT2D eigenvalue weighted by Crippen LogP contribution is 2.41. The average Bonchev–Trinajstić information content (AvgIpc) is 3.17. The van der Waals surface area contributed by atoms with Gasteiger partial charge in [0, 0.05) is 17.3 Å². The number of fused-ring (bicyclic) bond motifs is 3. The number of hydrogen-bond donors (Lipinski definition) is 0. The van der Waals surface area contributed by atoms with E-state index in [-0.39, 0.29) is 6.42 Å². The Morgan fingerprint density at radius 2 is 1.75 bits per heavy atom. The van der Waals surface area contributed by atoms with Crippen molar-refractivity contribution in [2.75, 3.05) is 0 Å². The lowest BCUT2D eigenvalue weighted by molar-refractivity contribution is 0.900. The molecule has 4 rings (SSSR count). The highest BCUT2D eigenvalue weighted by atomic mass is 32.1. The van der Waals surface area contributed by atoms with Crippen LogP contribution in [0.15, 0.2) is 60.8 Å². The van der Waals surface area contributed by atoms with Gasteiger partial charge in [-0.05, 0) is 17.7 Å². The summed E-state index contributed by atoms with van der Waals surface area (Å²) in [5, 5.41) is 18.8. The van der Waals surface area contributed by atoms with Crippen molar-refractivity contribution in [3.05, 3.63) is 66.4 Å². The summed E-state index contributed by atoms with van der Waals surface area (Å²) in [4.78, 5) is 1.05. The van der Waals surface area contributed by atoms with E-state index in [1.54, 1.807) is 11.3 Å². The first-order valence-electron chi connectivity index (χ1n) is 7.68. The van der Waals surface area contributed by atoms with E-state index in [1.807, 2.05) is 42.5 Å². The molecule has 2 heterocycles. The van der Waals surface area contributed by atoms with Crippen molar-refractivity contribution in [1.82, 2.24) is 4.40 Å². The summed E-state index contributed by atoms with van der Waals surface area (Å²) in [6, 6.07) is 22.8. The molecule has 0 N–H and O–H groups in total. The fraction of sp³-hybridized carbons (Fsp3) is 0.100. The van der Waals surface area contributed by atoms with Gasteiger partial charge in [-0.1, -0.05) is 42.5 Å². The lowest BCUT2D eigenvalue weighted by Crippen LogP contribution is -1.95. The molecule has 2 aromatic carbocycles. The number of thiazole rings is 1. The molecule has 0 aliphatic rings. The van der Waals surface area contributed by atoms with Crippen LogP contribution >= 0.6 is 11.3 Å². The summed E-state index contributed by atoms with van der Waals surface area (Å²) in [6.07, 6.45) is 2.30. The van der Waals surface area contributed by atoms with Crippen LogP contribution in [-0.4, -0.2) is 4.40 Å². The van der Waals surface area contributed by atoms with E-state index < -0.39 is 5.92 Å². The second-order valence-electron chi connectivity index (χ2n) is 5.61. The van der Waals surface area contributed by atoms with Gasteiger partial charge in [-0.2, -0.15) is 10.5 Å². The zero-order valence-electron chi connectivity index (χ0n) is 12.8. The Kier molecular flexibility index (Phi) is 3.54. The zero-order chi connectivity index (χ0) is 16.5. The van der Waals surface area contributed by atoms with E-state index in [0.29, 0.717) is 0 Å². The number of para-hydroxylation sites is 1. The molecule has 0 aliphatic heterocycles. The monoisotopic (exact) mass is 327 g/mol. The summed E-state index contributed by atoms with van der Waals surface area (Å²) < 4.78 is 3.33. The van der Waals surface area contributed by atoms with Gasteiger partial charge in [-0.3, -0.25) is 0 Å². The molecular weight excluding hydrogens is 314 g/mol. The number of nitrogens with zero attached hydrogens (tertiary/aromatic N) is 3. The lowest BCUT2D eigenvalue weighted by atomic mass is 9.93. The van der Waals surface area contributed by atoms with Crippen molar-refractivity contribution in [3.8, 4) is 23.3 Å². The third-order valence-corrected chi connectivity index (χ3v) is 5.39. The van der Waals surface area contributed by atoms with Crippen molar-refractivity contribution in [2.45, 2.75) is 12.3 Å². The van der Waals surface area contributed by atoms with Crippen LogP contribution in [0.1, 0.15) is 17.9 Å². The van der Waals surface area contributed by atoms with Crippen LogP contribution in [-0.2, 0) is 0 Å². The van der Waals surface area contributed by atoms with Crippen LogP contribution in [0.3, 0.4) is 0 Å². The minimum Gasteiger partial charge on any atom is -0.306 e. The minimum absolute atomic E-state index is 0.199. The summed E-state index contributed by atoms with van der Waals surface area (Å²) in [6.45, 7) is 0. The predicted octanol–water partition coefficient (Wildman–Crippen LogP) is 5.34. The SMILES string of the molecule is N#CCC(C#N)c1c(-c2ccccc2)cn2c1sc1ccccc12. The molecule has 24 heavy (non-hydrogen) atoms. The predicted molar refractivity (Wildman–Crippen MR) is 96.8 cm³/mol. The van der Waals surface area contributed by atoms with E-state index in [2.05, 4.69) is 34.9 Å². The number of nitriles is 2. The van der Waals surface area contributed by atoms with E-state index in [1.165, 1.54) is 4.70 Å². The molecular formula is C20H13N3S. The molecule has 0 saturated heterocycles. The first-order chi connectivity index (χ1) is 11.8. The van der Waals surface area contributed by atoms with Crippen LogP contribution in [0, 0.1) is 22.7 Å². The van der Waals surface area contributed by atoms with Crippen molar-refractivity contribution in [2.24, 2.45) is 0 Å². The highest BCUT2D eigenvalue weighted by Gasteiger charge is 2.23. The quantitative estimate of drug-likeness (QED) is 0.510. The van der Waals surface area contributed by atoms with Gasteiger partial charge in [0.1, 0.15) is 4.83 Å². The standard InChI is InChI=1S/C20H13N3S/c21-11-10-15(12-22)19-16(14-6-2-1-3-7-14)13-23-17-8-4-5-9-18(17)24-20(19)23/h1-9,13,15H,10H2. The van der Waals surface area contributed by atoms with Crippen molar-refractivity contribution < 1.29 is 0 Å². The van der Waals surface area contributed by atoms with Crippen LogP contribution in [0.25, 0.3) is 26.2 Å². The molecule has 0 amide bonds. The first-order valence-corrected chi connectivity index (χ1v) is 8.49. The van der Waals surface area contributed by atoms with Gasteiger partial charge < -0.3 is 4.40 Å². The number of hydrogen-bond acceptors (Lipinski definition) is 3. The third kappa shape index (κ3) is 2.17. The topological polar surface area (TPSA) is 52.0 Å². The highest BCUT2D eigenvalue weighted by molar-refractivity contribution is 7.24. The molecule has 0 radical (unpaired) electrons. The van der Waals surface area contributed by atoms with E-state index in [0.717, 1.165) is 27.0 Å². The Hall–Kier alpha value is -3.08. The molecule has 0 aliphatic carbocycles. The fourth-order valence-electron chi connectivity index (χ4n) is 3.12. The van der Waals surface area contributed by atoms with Gasteiger partial charge in [0.05, 0.1) is 34.7 Å². The Morgan fingerprint density at radius 1 is 1.00 bits per heavy atom. The Labute approximate surface area is 143 Å². The van der Waals surface area contributed by atoms with Gasteiger partial charge in [-0.15, -0.1) is 11.3 Å². The smallest absolute Gasteiger partial charge is 0.105 e. The molecule has 0 spiro atoms. The van der Waals surface area contributed by atoms with E-state index in [9.17, 15) is 5.26 Å². The van der Waals surface area contributed by atoms with Gasteiger partial charge in [0.15, 0.2) is 0 Å². The average molecular weight is 327 g/mol. The molecule has 4 heteroatoms. The van der Waals surface area contributed by atoms with Crippen molar-refractivity contribution in [1.29, 1.82) is 10.5 Å². The van der Waals surface area contributed by atoms with Gasteiger partial charge in [-0.25, -0.2) is 0 Å². The van der Waals surface area contributed by atoms with E-state index >= 15 is 0 Å². The van der Waals surface area contributed by atoms with Gasteiger partial charge >= 0.3 is 0 Å². The van der Waals surface area contributed by atoms with Crippen LogP contribution in [0.5, 0.6) is 0 Å². The zero-order valence-corrected chi connectivity index (χ0v) is 13.6. The van der Waals surface area contributed by atoms with E-state index in [4.69, 9.17) is 5.26 Å². The van der Waals surface area contributed by atoms with Crippen molar-refractivity contribution >= 4 is 26.4 Å². The summed E-state index contributed by atoms with van der Waals surface area (Å²) in [7, 11) is 0. The van der Waals surface area contributed by atoms with Crippen molar-refractivity contribution in [3.63, 3.8) is 0 Å². The number of rotatable bonds is 3. The first kappa shape index (κ1) is 14.5. The normalized spacial score (nSPS) is 12.1. The maximum Gasteiger partial charge on any atom is 0.105 e. The fourth-order valence-corrected chi connectivity index (χ4v) is 4.36. The molecule has 0 bridgehead atoms. The minimum atomic E-state index is -0.428. The summed E-state index contributed by atoms with van der Waals surface area (Å²) in [5.74, 6) is -0.428. The number of benzene rings is 2. The Morgan fingerprint density at radius 3 is 2.50 bits per heavy atom. The number of aromatic nitrogens is 1. The molecule has 0 fully saturated rings. The van der Waals surface area contributed by atoms with Gasteiger partial charge in [0.25, 0.3) is 0 Å². The maximum absolute atomic E-state index is 9.63. The molecule has 2 aromatic heterocycles. The molecule has 1 unspecified atom stereocenters. The second kappa shape index (κ2) is 5.85. The molecule has 3 nitrogen and oxygen atoms in total. The maximum atomic E-state index is 9.63. The van der Waals surface area contributed by atoms with Crippen LogP contribution < -0.4 is 0 Å².